The van der Waals surface area contributed by atoms with Gasteiger partial charge in [0.1, 0.15) is 0 Å². The van der Waals surface area contributed by atoms with Crippen molar-refractivity contribution in [2.24, 2.45) is 0 Å². The topological polar surface area (TPSA) is 49.4 Å². The molecule has 0 aliphatic heterocycles. The van der Waals surface area contributed by atoms with Crippen LogP contribution >= 0.6 is 0 Å². The third-order valence-electron chi connectivity index (χ3n) is 4.34. The molecular formula is C22H24N2O2S. The fourth-order valence-corrected chi connectivity index (χ4v) is 4.06. The Morgan fingerprint density at radius 1 is 0.778 bits per heavy atom. The zero-order chi connectivity index (χ0) is 19.1. The Hall–Kier alpha value is -2.79. The molecule has 3 aromatic rings. The molecule has 0 saturated carbocycles. The Morgan fingerprint density at radius 3 is 1.93 bits per heavy atom. The van der Waals surface area contributed by atoms with Gasteiger partial charge in [0.05, 0.1) is 5.75 Å². The van der Waals surface area contributed by atoms with E-state index in [1.807, 2.05) is 60.7 Å². The Bertz CT molecular complexity index is 941. The summed E-state index contributed by atoms with van der Waals surface area (Å²) >= 11 is 0. The molecule has 5 heteroatoms. The van der Waals surface area contributed by atoms with Gasteiger partial charge in [0.25, 0.3) is 0 Å². The van der Waals surface area contributed by atoms with Gasteiger partial charge in [-0.15, -0.1) is 0 Å². The lowest BCUT2D eigenvalue weighted by Gasteiger charge is -2.23. The molecule has 0 heterocycles. The summed E-state index contributed by atoms with van der Waals surface area (Å²) in [5.41, 5.74) is 3.72. The maximum atomic E-state index is 12.3. The second-order valence-corrected chi connectivity index (χ2v) is 8.13. The minimum absolute atomic E-state index is 0.0594. The second kappa shape index (κ2) is 8.73. The van der Waals surface area contributed by atoms with Gasteiger partial charge in [-0.3, -0.25) is 4.72 Å². The quantitative estimate of drug-likeness (QED) is 0.609. The molecule has 0 saturated heterocycles. The molecule has 4 nitrogen and oxygen atoms in total. The standard InChI is InChI=1S/C22H24N2O2S/c1-2-24(21-11-7-4-8-12-21)22-15-13-20(14-16-22)23-27(25,26)18-17-19-9-5-3-6-10-19/h3-16,23H,2,17-18H2,1H3. The number of benzene rings is 3. The monoisotopic (exact) mass is 380 g/mol. The molecule has 0 bridgehead atoms. The smallest absolute Gasteiger partial charge is 0.233 e. The first-order chi connectivity index (χ1) is 13.1. The molecule has 0 aromatic heterocycles. The van der Waals surface area contributed by atoms with E-state index in [-0.39, 0.29) is 5.75 Å². The van der Waals surface area contributed by atoms with Gasteiger partial charge in [-0.2, -0.15) is 0 Å². The van der Waals surface area contributed by atoms with Crippen LogP contribution in [0.5, 0.6) is 0 Å². The largest absolute Gasteiger partial charge is 0.342 e. The zero-order valence-corrected chi connectivity index (χ0v) is 16.2. The van der Waals surface area contributed by atoms with Crippen LogP contribution in [0, 0.1) is 0 Å². The summed E-state index contributed by atoms with van der Waals surface area (Å²) in [6.45, 7) is 2.92. The summed E-state index contributed by atoms with van der Waals surface area (Å²) in [7, 11) is -3.39. The van der Waals surface area contributed by atoms with Crippen molar-refractivity contribution in [3.63, 3.8) is 0 Å². The molecule has 0 atom stereocenters. The van der Waals surface area contributed by atoms with Crippen LogP contribution in [0.15, 0.2) is 84.9 Å². The van der Waals surface area contributed by atoms with Gasteiger partial charge in [-0.1, -0.05) is 48.5 Å². The highest BCUT2D eigenvalue weighted by molar-refractivity contribution is 7.92. The molecule has 0 spiro atoms. The Labute approximate surface area is 161 Å². The summed E-state index contributed by atoms with van der Waals surface area (Å²) in [6.07, 6.45) is 0.492. The summed E-state index contributed by atoms with van der Waals surface area (Å²) < 4.78 is 27.4. The predicted molar refractivity (Wildman–Crippen MR) is 113 cm³/mol. The van der Waals surface area contributed by atoms with Crippen molar-refractivity contribution in [1.29, 1.82) is 0 Å². The Kier molecular flexibility index (Phi) is 6.14. The van der Waals surface area contributed by atoms with Crippen LogP contribution in [0.25, 0.3) is 0 Å². The van der Waals surface area contributed by atoms with E-state index in [0.717, 1.165) is 23.5 Å². The highest BCUT2D eigenvalue weighted by atomic mass is 32.2. The highest BCUT2D eigenvalue weighted by Gasteiger charge is 2.12. The molecule has 0 unspecified atom stereocenters. The molecule has 0 amide bonds. The summed E-state index contributed by atoms with van der Waals surface area (Å²) in [6, 6.07) is 27.2. The first-order valence-corrected chi connectivity index (χ1v) is 10.7. The Morgan fingerprint density at radius 2 is 1.33 bits per heavy atom. The molecule has 0 aliphatic carbocycles. The van der Waals surface area contributed by atoms with Crippen molar-refractivity contribution in [2.75, 3.05) is 21.9 Å². The molecule has 1 N–H and O–H groups in total. The number of hydrogen-bond donors (Lipinski definition) is 1. The van der Waals surface area contributed by atoms with Crippen LogP contribution in [0.1, 0.15) is 12.5 Å². The fourth-order valence-electron chi connectivity index (χ4n) is 2.96. The highest BCUT2D eigenvalue weighted by Crippen LogP contribution is 2.26. The van der Waals surface area contributed by atoms with Gasteiger partial charge in [0.2, 0.25) is 10.0 Å². The van der Waals surface area contributed by atoms with Gasteiger partial charge < -0.3 is 4.90 Å². The van der Waals surface area contributed by atoms with E-state index < -0.39 is 10.0 Å². The van der Waals surface area contributed by atoms with Crippen LogP contribution in [-0.2, 0) is 16.4 Å². The molecule has 3 rings (SSSR count). The molecular weight excluding hydrogens is 356 g/mol. The first-order valence-electron chi connectivity index (χ1n) is 9.04. The SMILES string of the molecule is CCN(c1ccccc1)c1ccc(NS(=O)(=O)CCc2ccccc2)cc1. The van der Waals surface area contributed by atoms with E-state index in [1.165, 1.54) is 0 Å². The average molecular weight is 381 g/mol. The van der Waals surface area contributed by atoms with Crippen molar-refractivity contribution >= 4 is 27.1 Å². The second-order valence-electron chi connectivity index (χ2n) is 6.28. The lowest BCUT2D eigenvalue weighted by Crippen LogP contribution is -2.18. The van der Waals surface area contributed by atoms with E-state index >= 15 is 0 Å². The third kappa shape index (κ3) is 5.34. The lowest BCUT2D eigenvalue weighted by molar-refractivity contribution is 0.600. The molecule has 0 radical (unpaired) electrons. The van der Waals surface area contributed by atoms with Crippen molar-refractivity contribution in [1.82, 2.24) is 0 Å². The third-order valence-corrected chi connectivity index (χ3v) is 5.63. The lowest BCUT2D eigenvalue weighted by atomic mass is 10.2. The van der Waals surface area contributed by atoms with Crippen LogP contribution in [-0.4, -0.2) is 20.7 Å². The van der Waals surface area contributed by atoms with Gasteiger partial charge in [0, 0.05) is 23.6 Å². The van der Waals surface area contributed by atoms with Crippen molar-refractivity contribution in [2.45, 2.75) is 13.3 Å². The van der Waals surface area contributed by atoms with Gasteiger partial charge >= 0.3 is 0 Å². The van der Waals surface area contributed by atoms with Crippen LogP contribution in [0.3, 0.4) is 0 Å². The molecule has 0 fully saturated rings. The van der Waals surface area contributed by atoms with E-state index in [4.69, 9.17) is 0 Å². The predicted octanol–water partition coefficient (Wildman–Crippen LogP) is 4.83. The van der Waals surface area contributed by atoms with Gasteiger partial charge in [-0.05, 0) is 55.3 Å². The van der Waals surface area contributed by atoms with Crippen molar-refractivity contribution in [3.8, 4) is 0 Å². The average Bonchev–Trinajstić information content (AvgIpc) is 2.70. The van der Waals surface area contributed by atoms with Crippen LogP contribution in [0.4, 0.5) is 17.1 Å². The fraction of sp³-hybridized carbons (Fsp3) is 0.182. The number of sulfonamides is 1. The van der Waals surface area contributed by atoms with Crippen molar-refractivity contribution in [3.05, 3.63) is 90.5 Å². The van der Waals surface area contributed by atoms with Crippen LogP contribution < -0.4 is 9.62 Å². The zero-order valence-electron chi connectivity index (χ0n) is 15.4. The number of aryl methyl sites for hydroxylation is 1. The van der Waals surface area contributed by atoms with Gasteiger partial charge in [-0.25, -0.2) is 8.42 Å². The molecule has 140 valence electrons. The maximum absolute atomic E-state index is 12.3. The Balaban J connectivity index is 1.66. The normalized spacial score (nSPS) is 11.1. The summed E-state index contributed by atoms with van der Waals surface area (Å²) in [5.74, 6) is 0.0594. The molecule has 0 aliphatic rings. The maximum Gasteiger partial charge on any atom is 0.233 e. The minimum Gasteiger partial charge on any atom is -0.342 e. The van der Waals surface area contributed by atoms with Crippen LogP contribution in [0.2, 0.25) is 0 Å². The number of nitrogens with zero attached hydrogens (tertiary/aromatic N) is 1. The van der Waals surface area contributed by atoms with E-state index in [1.54, 1.807) is 12.1 Å². The molecule has 27 heavy (non-hydrogen) atoms. The number of rotatable bonds is 8. The summed E-state index contributed by atoms with van der Waals surface area (Å²) in [4.78, 5) is 2.17. The van der Waals surface area contributed by atoms with Gasteiger partial charge in [0.15, 0.2) is 0 Å². The minimum atomic E-state index is -3.39. The van der Waals surface area contributed by atoms with E-state index in [0.29, 0.717) is 12.1 Å². The van der Waals surface area contributed by atoms with Crippen molar-refractivity contribution < 1.29 is 8.42 Å². The number of nitrogens with one attached hydrogen (secondary N) is 1. The number of anilines is 3. The number of para-hydroxylation sites is 1. The summed E-state index contributed by atoms with van der Waals surface area (Å²) in [5, 5.41) is 0. The number of hydrogen-bond acceptors (Lipinski definition) is 3. The van der Waals surface area contributed by atoms with E-state index in [9.17, 15) is 8.42 Å². The van der Waals surface area contributed by atoms with E-state index in [2.05, 4.69) is 28.7 Å². The first kappa shape index (κ1) is 19.0. The molecule has 3 aromatic carbocycles.